The van der Waals surface area contributed by atoms with Gasteiger partial charge in [-0.1, -0.05) is 0 Å². The van der Waals surface area contributed by atoms with E-state index in [1.807, 2.05) is 13.2 Å². The van der Waals surface area contributed by atoms with Gasteiger partial charge in [-0.25, -0.2) is 0 Å². The molecule has 0 aliphatic carbocycles. The Hall–Kier alpha value is -0.560. The smallest absolute Gasteiger partial charge is 0.267 e. The Kier molecular flexibility index (Phi) is 9.09. The lowest BCUT2D eigenvalue weighted by atomic mass is 10.4. The van der Waals surface area contributed by atoms with E-state index in [0.717, 1.165) is 17.6 Å². The van der Waals surface area contributed by atoms with E-state index in [1.54, 1.807) is 17.7 Å². The van der Waals surface area contributed by atoms with E-state index in [0.29, 0.717) is 18.8 Å². The van der Waals surface area contributed by atoms with Crippen molar-refractivity contribution < 1.29 is 9.53 Å². The number of carbonyl (C=O) groups is 1. The summed E-state index contributed by atoms with van der Waals surface area (Å²) in [7, 11) is 3.51. The van der Waals surface area contributed by atoms with Crippen molar-refractivity contribution in [2.24, 2.45) is 7.05 Å². The van der Waals surface area contributed by atoms with E-state index in [-0.39, 0.29) is 18.3 Å². The molecule has 1 amide bonds. The minimum Gasteiger partial charge on any atom is -0.383 e. The molecule has 0 aliphatic rings. The summed E-state index contributed by atoms with van der Waals surface area (Å²) < 4.78 is 7.59. The van der Waals surface area contributed by atoms with Crippen LogP contribution in [0.4, 0.5) is 0 Å². The largest absolute Gasteiger partial charge is 0.383 e. The third-order valence-corrected chi connectivity index (χ3v) is 2.71. The number of halogens is 2. The number of carbonyl (C=O) groups excluding carboxylic acids is 1. The van der Waals surface area contributed by atoms with Crippen molar-refractivity contribution in [3.63, 3.8) is 0 Å². The van der Waals surface area contributed by atoms with Crippen LogP contribution in [0.2, 0.25) is 0 Å². The number of methoxy groups -OCH3 is 1. The van der Waals surface area contributed by atoms with Gasteiger partial charge in [0.2, 0.25) is 0 Å². The summed E-state index contributed by atoms with van der Waals surface area (Å²) in [6, 6.07) is 1.80. The molecule has 5 nitrogen and oxygen atoms in total. The first-order chi connectivity index (χ1) is 8.15. The molecule has 0 unspecified atom stereocenters. The van der Waals surface area contributed by atoms with Crippen LogP contribution in [-0.2, 0) is 11.8 Å². The topological polar surface area (TPSA) is 55.3 Å². The number of amides is 1. The first-order valence-electron chi connectivity index (χ1n) is 5.45. The number of nitrogens with one attached hydrogen (secondary N) is 2. The predicted molar refractivity (Wildman–Crippen MR) is 77.4 cm³/mol. The zero-order valence-corrected chi connectivity index (χ0v) is 12.9. The fraction of sp³-hybridized carbons (Fsp3) is 0.545. The standard InChI is InChI=1S/C11H18BrN3O2.ClH/c1-15-8-9(12)7-10(15)11(16)14-4-3-13-5-6-17-2;/h7-8,13H,3-6H2,1-2H3,(H,14,16);1H. The predicted octanol–water partition coefficient (Wildman–Crippen LogP) is 1.18. The zero-order chi connectivity index (χ0) is 12.7. The molecule has 0 bridgehead atoms. The third kappa shape index (κ3) is 5.86. The average Bonchev–Trinajstić information content (AvgIpc) is 2.62. The summed E-state index contributed by atoms with van der Waals surface area (Å²) in [5.41, 5.74) is 0.647. The van der Waals surface area contributed by atoms with E-state index >= 15 is 0 Å². The highest BCUT2D eigenvalue weighted by molar-refractivity contribution is 9.10. The molecule has 0 aromatic carbocycles. The lowest BCUT2D eigenvalue weighted by Gasteiger charge is -2.07. The fourth-order valence-electron chi connectivity index (χ4n) is 1.40. The Morgan fingerprint density at radius 3 is 2.72 bits per heavy atom. The molecule has 0 spiro atoms. The van der Waals surface area contributed by atoms with Crippen molar-refractivity contribution in [2.75, 3.05) is 33.4 Å². The molecule has 0 saturated heterocycles. The third-order valence-electron chi connectivity index (χ3n) is 2.27. The summed E-state index contributed by atoms with van der Waals surface area (Å²) in [5.74, 6) is -0.0632. The average molecular weight is 341 g/mol. The number of hydrogen-bond acceptors (Lipinski definition) is 3. The molecule has 1 heterocycles. The molecular formula is C11H19BrClN3O2. The van der Waals surface area contributed by atoms with Crippen molar-refractivity contribution in [1.29, 1.82) is 0 Å². The molecule has 0 radical (unpaired) electrons. The van der Waals surface area contributed by atoms with Gasteiger partial charge >= 0.3 is 0 Å². The van der Waals surface area contributed by atoms with Gasteiger partial charge in [-0.2, -0.15) is 0 Å². The van der Waals surface area contributed by atoms with E-state index < -0.39 is 0 Å². The molecule has 2 N–H and O–H groups in total. The van der Waals surface area contributed by atoms with Crippen LogP contribution in [0.25, 0.3) is 0 Å². The van der Waals surface area contributed by atoms with Crippen LogP contribution in [0.3, 0.4) is 0 Å². The van der Waals surface area contributed by atoms with Gasteiger partial charge in [0.1, 0.15) is 5.69 Å². The maximum absolute atomic E-state index is 11.8. The lowest BCUT2D eigenvalue weighted by Crippen LogP contribution is -2.33. The highest BCUT2D eigenvalue weighted by atomic mass is 79.9. The SMILES string of the molecule is COCCNCCNC(=O)c1cc(Br)cn1C.Cl. The quantitative estimate of drug-likeness (QED) is 0.733. The van der Waals surface area contributed by atoms with Gasteiger partial charge in [-0.15, -0.1) is 12.4 Å². The summed E-state index contributed by atoms with van der Waals surface area (Å²) >= 11 is 3.33. The zero-order valence-electron chi connectivity index (χ0n) is 10.5. The normalized spacial score (nSPS) is 9.94. The van der Waals surface area contributed by atoms with E-state index in [9.17, 15) is 4.79 Å². The first kappa shape index (κ1) is 17.4. The number of ether oxygens (including phenoxy) is 1. The fourth-order valence-corrected chi connectivity index (χ4v) is 1.93. The molecule has 0 saturated carbocycles. The van der Waals surface area contributed by atoms with Gasteiger partial charge in [-0.05, 0) is 22.0 Å². The van der Waals surface area contributed by atoms with Crippen LogP contribution >= 0.6 is 28.3 Å². The van der Waals surface area contributed by atoms with Crippen LogP contribution in [0.1, 0.15) is 10.5 Å². The highest BCUT2D eigenvalue weighted by Gasteiger charge is 2.09. The lowest BCUT2D eigenvalue weighted by molar-refractivity contribution is 0.0945. The molecule has 18 heavy (non-hydrogen) atoms. The van der Waals surface area contributed by atoms with Crippen LogP contribution in [0.15, 0.2) is 16.7 Å². The Balaban J connectivity index is 0.00000289. The van der Waals surface area contributed by atoms with Crippen LogP contribution in [0.5, 0.6) is 0 Å². The second kappa shape index (κ2) is 9.38. The molecule has 0 atom stereocenters. The number of aromatic nitrogens is 1. The van der Waals surface area contributed by atoms with Crippen molar-refractivity contribution in [2.45, 2.75) is 0 Å². The number of rotatable bonds is 7. The molecule has 7 heteroatoms. The minimum atomic E-state index is -0.0632. The Bertz CT molecular complexity index is 371. The van der Waals surface area contributed by atoms with Crippen molar-refractivity contribution in [3.8, 4) is 0 Å². The van der Waals surface area contributed by atoms with Crippen molar-refractivity contribution in [1.82, 2.24) is 15.2 Å². The summed E-state index contributed by atoms with van der Waals surface area (Å²) in [5, 5.41) is 6.00. The van der Waals surface area contributed by atoms with Crippen LogP contribution < -0.4 is 10.6 Å². The van der Waals surface area contributed by atoms with Gasteiger partial charge in [0, 0.05) is 44.5 Å². The number of hydrogen-bond donors (Lipinski definition) is 2. The molecule has 1 rings (SSSR count). The Morgan fingerprint density at radius 2 is 2.17 bits per heavy atom. The Morgan fingerprint density at radius 1 is 1.44 bits per heavy atom. The summed E-state index contributed by atoms with van der Waals surface area (Å²) in [6.07, 6.45) is 1.85. The number of nitrogens with zero attached hydrogens (tertiary/aromatic N) is 1. The highest BCUT2D eigenvalue weighted by Crippen LogP contribution is 2.13. The van der Waals surface area contributed by atoms with E-state index in [1.165, 1.54) is 0 Å². The van der Waals surface area contributed by atoms with Crippen LogP contribution in [-0.4, -0.2) is 43.8 Å². The van der Waals surface area contributed by atoms with Crippen LogP contribution in [0, 0.1) is 0 Å². The Labute approximate surface area is 122 Å². The second-order valence-electron chi connectivity index (χ2n) is 3.65. The molecule has 1 aromatic heterocycles. The molecule has 0 aliphatic heterocycles. The van der Waals surface area contributed by atoms with Crippen molar-refractivity contribution in [3.05, 3.63) is 22.4 Å². The maximum Gasteiger partial charge on any atom is 0.267 e. The number of aryl methyl sites for hydroxylation is 1. The monoisotopic (exact) mass is 339 g/mol. The summed E-state index contributed by atoms with van der Waals surface area (Å²) in [4.78, 5) is 11.8. The van der Waals surface area contributed by atoms with Gasteiger partial charge in [-0.3, -0.25) is 4.79 Å². The summed E-state index contributed by atoms with van der Waals surface area (Å²) in [6.45, 7) is 2.81. The van der Waals surface area contributed by atoms with E-state index in [2.05, 4.69) is 26.6 Å². The van der Waals surface area contributed by atoms with Gasteiger partial charge < -0.3 is 19.9 Å². The minimum absolute atomic E-state index is 0. The molecule has 1 aromatic rings. The molecular weight excluding hydrogens is 321 g/mol. The second-order valence-corrected chi connectivity index (χ2v) is 4.57. The maximum atomic E-state index is 11.8. The molecule has 0 fully saturated rings. The van der Waals surface area contributed by atoms with E-state index in [4.69, 9.17) is 4.74 Å². The van der Waals surface area contributed by atoms with Gasteiger partial charge in [0.15, 0.2) is 0 Å². The molecule has 104 valence electrons. The first-order valence-corrected chi connectivity index (χ1v) is 6.24. The van der Waals surface area contributed by atoms with Gasteiger partial charge in [0.25, 0.3) is 5.91 Å². The van der Waals surface area contributed by atoms with Gasteiger partial charge in [0.05, 0.1) is 6.61 Å². The van der Waals surface area contributed by atoms with Crippen molar-refractivity contribution >= 4 is 34.2 Å².